The number of fused-ring (bicyclic) bond motifs is 3. The highest BCUT2D eigenvalue weighted by atomic mass is 79.9. The quantitative estimate of drug-likeness (QED) is 0.515. The lowest BCUT2D eigenvalue weighted by atomic mass is 10.1. The van der Waals surface area contributed by atoms with Crippen molar-refractivity contribution in [2.24, 2.45) is 0 Å². The first-order chi connectivity index (χ1) is 9.33. The SMILES string of the molecule is Brc1ccc2c(c1)Cc1ncc(-c3ccccc3)n1-2. The fourth-order valence-corrected chi connectivity index (χ4v) is 3.09. The van der Waals surface area contributed by atoms with Gasteiger partial charge in [-0.15, -0.1) is 0 Å². The van der Waals surface area contributed by atoms with Crippen LogP contribution in [-0.4, -0.2) is 9.55 Å². The monoisotopic (exact) mass is 310 g/mol. The molecule has 2 aromatic carbocycles. The van der Waals surface area contributed by atoms with Crippen molar-refractivity contribution in [2.75, 3.05) is 0 Å². The lowest BCUT2D eigenvalue weighted by molar-refractivity contribution is 1.00. The Balaban J connectivity index is 1.94. The highest BCUT2D eigenvalue weighted by Crippen LogP contribution is 2.34. The fraction of sp³-hybridized carbons (Fsp3) is 0.0625. The van der Waals surface area contributed by atoms with E-state index in [1.807, 2.05) is 12.3 Å². The predicted molar refractivity (Wildman–Crippen MR) is 79.5 cm³/mol. The third kappa shape index (κ3) is 1.65. The smallest absolute Gasteiger partial charge is 0.118 e. The molecular weight excluding hydrogens is 300 g/mol. The number of aromatic nitrogens is 2. The summed E-state index contributed by atoms with van der Waals surface area (Å²) >= 11 is 3.53. The number of hydrogen-bond donors (Lipinski definition) is 0. The molecule has 0 saturated carbocycles. The van der Waals surface area contributed by atoms with Crippen molar-refractivity contribution in [3.63, 3.8) is 0 Å². The molecule has 4 rings (SSSR count). The number of hydrogen-bond acceptors (Lipinski definition) is 1. The van der Waals surface area contributed by atoms with Crippen LogP contribution in [0.15, 0.2) is 59.2 Å². The maximum absolute atomic E-state index is 4.57. The molecule has 1 aliphatic rings. The average molecular weight is 311 g/mol. The Labute approximate surface area is 119 Å². The van der Waals surface area contributed by atoms with Gasteiger partial charge in [0.1, 0.15) is 5.82 Å². The van der Waals surface area contributed by atoms with Crippen molar-refractivity contribution in [1.82, 2.24) is 9.55 Å². The van der Waals surface area contributed by atoms with E-state index in [2.05, 4.69) is 67.9 Å². The largest absolute Gasteiger partial charge is 0.296 e. The van der Waals surface area contributed by atoms with Crippen LogP contribution in [0.2, 0.25) is 0 Å². The maximum atomic E-state index is 4.57. The molecule has 0 amide bonds. The Hall–Kier alpha value is -1.87. The molecule has 0 N–H and O–H groups in total. The van der Waals surface area contributed by atoms with E-state index >= 15 is 0 Å². The second kappa shape index (κ2) is 4.07. The lowest BCUT2D eigenvalue weighted by Gasteiger charge is -2.08. The Kier molecular flexibility index (Phi) is 2.35. The third-order valence-electron chi connectivity index (χ3n) is 3.54. The standard InChI is InChI=1S/C16H11BrN2/c17-13-6-7-14-12(8-13)9-16-18-10-15(19(14)16)11-4-2-1-3-5-11/h1-8,10H,9H2. The first kappa shape index (κ1) is 11.0. The third-order valence-corrected chi connectivity index (χ3v) is 4.03. The van der Waals surface area contributed by atoms with E-state index in [1.165, 1.54) is 16.8 Å². The van der Waals surface area contributed by atoms with Crippen molar-refractivity contribution in [2.45, 2.75) is 6.42 Å². The fourth-order valence-electron chi connectivity index (χ4n) is 2.68. The van der Waals surface area contributed by atoms with Crippen LogP contribution in [-0.2, 0) is 6.42 Å². The molecule has 1 aromatic heterocycles. The molecule has 0 spiro atoms. The van der Waals surface area contributed by atoms with Gasteiger partial charge in [-0.05, 0) is 23.8 Å². The molecule has 0 bridgehead atoms. The zero-order chi connectivity index (χ0) is 12.8. The van der Waals surface area contributed by atoms with Gasteiger partial charge < -0.3 is 0 Å². The van der Waals surface area contributed by atoms with Gasteiger partial charge in [-0.2, -0.15) is 0 Å². The second-order valence-corrected chi connectivity index (χ2v) is 5.63. The van der Waals surface area contributed by atoms with Crippen LogP contribution < -0.4 is 0 Å². The molecule has 1 aliphatic heterocycles. The van der Waals surface area contributed by atoms with Crippen LogP contribution in [0.3, 0.4) is 0 Å². The normalized spacial score (nSPS) is 12.3. The molecule has 19 heavy (non-hydrogen) atoms. The van der Waals surface area contributed by atoms with Gasteiger partial charge in [-0.1, -0.05) is 46.3 Å². The number of benzene rings is 2. The first-order valence-corrected chi connectivity index (χ1v) is 7.03. The zero-order valence-electron chi connectivity index (χ0n) is 10.2. The molecule has 0 saturated heterocycles. The Morgan fingerprint density at radius 2 is 1.89 bits per heavy atom. The van der Waals surface area contributed by atoms with Gasteiger partial charge in [0, 0.05) is 16.5 Å². The highest BCUT2D eigenvalue weighted by Gasteiger charge is 2.22. The van der Waals surface area contributed by atoms with Crippen molar-refractivity contribution < 1.29 is 0 Å². The van der Waals surface area contributed by atoms with Gasteiger partial charge in [0.2, 0.25) is 0 Å². The minimum Gasteiger partial charge on any atom is -0.296 e. The van der Waals surface area contributed by atoms with Gasteiger partial charge in [-0.25, -0.2) is 4.98 Å². The second-order valence-electron chi connectivity index (χ2n) is 4.71. The molecule has 0 fully saturated rings. The predicted octanol–water partition coefficient (Wildman–Crippen LogP) is 4.21. The van der Waals surface area contributed by atoms with Crippen LogP contribution in [0.1, 0.15) is 11.4 Å². The van der Waals surface area contributed by atoms with Gasteiger partial charge in [0.15, 0.2) is 0 Å². The van der Waals surface area contributed by atoms with E-state index < -0.39 is 0 Å². The maximum Gasteiger partial charge on any atom is 0.118 e. The van der Waals surface area contributed by atoms with Crippen LogP contribution >= 0.6 is 15.9 Å². The molecule has 0 unspecified atom stereocenters. The van der Waals surface area contributed by atoms with Crippen molar-refractivity contribution in [3.05, 3.63) is 70.6 Å². The molecule has 2 nitrogen and oxygen atoms in total. The summed E-state index contributed by atoms with van der Waals surface area (Å²) in [7, 11) is 0. The minimum absolute atomic E-state index is 0.904. The Morgan fingerprint density at radius 1 is 1.05 bits per heavy atom. The van der Waals surface area contributed by atoms with Gasteiger partial charge in [0.05, 0.1) is 17.6 Å². The molecule has 2 heterocycles. The van der Waals surface area contributed by atoms with E-state index in [-0.39, 0.29) is 0 Å². The average Bonchev–Trinajstić information content (AvgIpc) is 2.97. The summed E-state index contributed by atoms with van der Waals surface area (Å²) in [6.07, 6.45) is 2.87. The topological polar surface area (TPSA) is 17.8 Å². The number of imidazole rings is 1. The number of halogens is 1. The molecule has 0 radical (unpaired) electrons. The van der Waals surface area contributed by atoms with Gasteiger partial charge >= 0.3 is 0 Å². The van der Waals surface area contributed by atoms with Crippen molar-refractivity contribution in [1.29, 1.82) is 0 Å². The van der Waals surface area contributed by atoms with E-state index in [9.17, 15) is 0 Å². The Bertz CT molecular complexity index is 760. The summed E-state index contributed by atoms with van der Waals surface area (Å²) < 4.78 is 3.38. The van der Waals surface area contributed by atoms with Crippen LogP contribution in [0.5, 0.6) is 0 Å². The van der Waals surface area contributed by atoms with Crippen LogP contribution in [0, 0.1) is 0 Å². The Morgan fingerprint density at radius 3 is 2.74 bits per heavy atom. The highest BCUT2D eigenvalue weighted by molar-refractivity contribution is 9.10. The zero-order valence-corrected chi connectivity index (χ0v) is 11.8. The van der Waals surface area contributed by atoms with E-state index in [1.54, 1.807) is 0 Å². The molecule has 3 heteroatoms. The minimum atomic E-state index is 0.904. The summed E-state index contributed by atoms with van der Waals surface area (Å²) in [4.78, 5) is 4.57. The summed E-state index contributed by atoms with van der Waals surface area (Å²) in [6, 6.07) is 16.8. The van der Waals surface area contributed by atoms with Gasteiger partial charge in [0.25, 0.3) is 0 Å². The summed E-state index contributed by atoms with van der Waals surface area (Å²) in [5, 5.41) is 0. The van der Waals surface area contributed by atoms with Gasteiger partial charge in [-0.3, -0.25) is 4.57 Å². The number of rotatable bonds is 1. The molecule has 0 aliphatic carbocycles. The van der Waals surface area contributed by atoms with E-state index in [0.29, 0.717) is 0 Å². The molecule has 0 atom stereocenters. The molecule has 3 aromatic rings. The summed E-state index contributed by atoms with van der Waals surface area (Å²) in [5.74, 6) is 1.12. The molecular formula is C16H11BrN2. The van der Waals surface area contributed by atoms with Crippen molar-refractivity contribution in [3.8, 4) is 16.9 Å². The van der Waals surface area contributed by atoms with E-state index in [4.69, 9.17) is 0 Å². The lowest BCUT2D eigenvalue weighted by Crippen LogP contribution is -1.95. The van der Waals surface area contributed by atoms with Crippen LogP contribution in [0.4, 0.5) is 0 Å². The number of nitrogens with zero attached hydrogens (tertiary/aromatic N) is 2. The first-order valence-electron chi connectivity index (χ1n) is 6.24. The summed E-state index contributed by atoms with van der Waals surface area (Å²) in [5.41, 5.74) is 4.94. The summed E-state index contributed by atoms with van der Waals surface area (Å²) in [6.45, 7) is 0. The van der Waals surface area contributed by atoms with Crippen molar-refractivity contribution >= 4 is 15.9 Å². The molecule has 92 valence electrons. The van der Waals surface area contributed by atoms with Crippen LogP contribution in [0.25, 0.3) is 16.9 Å². The van der Waals surface area contributed by atoms with E-state index in [0.717, 1.165) is 22.4 Å².